The standard InChI is InChI=1S/C12H13FN4OS/c1-7(18)8-2-5-11(10(13)6-8)19-12-14-15-16-17(12)9-3-4-9/h2,5-7,9,18H,3-4H2,1H3/t7-/m1/s1. The first-order chi connectivity index (χ1) is 9.15. The van der Waals surface area contributed by atoms with Gasteiger partial charge in [-0.15, -0.1) is 5.10 Å². The summed E-state index contributed by atoms with van der Waals surface area (Å²) in [5.74, 6) is -0.367. The normalized spacial score (nSPS) is 16.6. The topological polar surface area (TPSA) is 63.8 Å². The number of aromatic nitrogens is 4. The number of halogens is 1. The van der Waals surface area contributed by atoms with Gasteiger partial charge < -0.3 is 5.11 Å². The lowest BCUT2D eigenvalue weighted by atomic mass is 10.1. The Kier molecular flexibility index (Phi) is 3.24. The summed E-state index contributed by atoms with van der Waals surface area (Å²) in [5.41, 5.74) is 0.559. The van der Waals surface area contributed by atoms with Crippen molar-refractivity contribution >= 4 is 11.8 Å². The van der Waals surface area contributed by atoms with E-state index in [2.05, 4.69) is 15.5 Å². The van der Waals surface area contributed by atoms with Gasteiger partial charge in [-0.05, 0) is 59.7 Å². The van der Waals surface area contributed by atoms with Crippen LogP contribution in [0.5, 0.6) is 0 Å². The largest absolute Gasteiger partial charge is 0.389 e. The number of hydrogen-bond donors (Lipinski definition) is 1. The van der Waals surface area contributed by atoms with Gasteiger partial charge in [-0.25, -0.2) is 9.07 Å². The van der Waals surface area contributed by atoms with Crippen molar-refractivity contribution in [3.05, 3.63) is 29.6 Å². The molecule has 1 heterocycles. The average Bonchev–Trinajstić information content (AvgIpc) is 3.12. The fourth-order valence-electron chi connectivity index (χ4n) is 1.76. The van der Waals surface area contributed by atoms with Crippen molar-refractivity contribution < 1.29 is 9.50 Å². The van der Waals surface area contributed by atoms with Gasteiger partial charge in [0.15, 0.2) is 0 Å². The fourth-order valence-corrected chi connectivity index (χ4v) is 2.60. The molecule has 0 amide bonds. The highest BCUT2D eigenvalue weighted by Crippen LogP contribution is 2.38. The van der Waals surface area contributed by atoms with Gasteiger partial charge in [0.2, 0.25) is 5.16 Å². The maximum absolute atomic E-state index is 13.9. The molecule has 3 rings (SSSR count). The number of hydrogen-bond acceptors (Lipinski definition) is 5. The molecule has 100 valence electrons. The molecule has 0 aliphatic heterocycles. The van der Waals surface area contributed by atoms with Crippen molar-refractivity contribution in [1.82, 2.24) is 20.2 Å². The summed E-state index contributed by atoms with van der Waals surface area (Å²) < 4.78 is 15.7. The molecule has 0 radical (unpaired) electrons. The molecule has 1 aliphatic carbocycles. The molecule has 0 bridgehead atoms. The first-order valence-corrected chi connectivity index (χ1v) is 6.90. The second kappa shape index (κ2) is 4.90. The third-order valence-electron chi connectivity index (χ3n) is 2.99. The monoisotopic (exact) mass is 280 g/mol. The molecular weight excluding hydrogens is 267 g/mol. The van der Waals surface area contributed by atoms with E-state index in [1.54, 1.807) is 23.7 Å². The van der Waals surface area contributed by atoms with Crippen molar-refractivity contribution in [2.75, 3.05) is 0 Å². The fraction of sp³-hybridized carbons (Fsp3) is 0.417. The summed E-state index contributed by atoms with van der Waals surface area (Å²) in [7, 11) is 0. The first-order valence-electron chi connectivity index (χ1n) is 6.08. The molecule has 5 nitrogen and oxygen atoms in total. The van der Waals surface area contributed by atoms with E-state index >= 15 is 0 Å². The zero-order chi connectivity index (χ0) is 13.4. The molecule has 1 aliphatic rings. The number of aliphatic hydroxyl groups is 1. The van der Waals surface area contributed by atoms with Crippen LogP contribution >= 0.6 is 11.8 Å². The summed E-state index contributed by atoms with van der Waals surface area (Å²) in [6, 6.07) is 5.06. The summed E-state index contributed by atoms with van der Waals surface area (Å²) in [6.07, 6.45) is 1.47. The van der Waals surface area contributed by atoms with Gasteiger partial charge in [0.25, 0.3) is 0 Å². The van der Waals surface area contributed by atoms with Gasteiger partial charge in [0.05, 0.1) is 17.0 Å². The van der Waals surface area contributed by atoms with Crippen molar-refractivity contribution in [2.24, 2.45) is 0 Å². The van der Waals surface area contributed by atoms with E-state index in [1.807, 2.05) is 0 Å². The number of nitrogens with zero attached hydrogens (tertiary/aromatic N) is 4. The van der Waals surface area contributed by atoms with Crippen LogP contribution in [-0.4, -0.2) is 25.3 Å². The Bertz CT molecular complexity index is 597. The van der Waals surface area contributed by atoms with Gasteiger partial charge in [0, 0.05) is 0 Å². The van der Waals surface area contributed by atoms with Crippen LogP contribution in [-0.2, 0) is 0 Å². The molecule has 1 aromatic carbocycles. The Morgan fingerprint density at radius 2 is 2.26 bits per heavy atom. The van der Waals surface area contributed by atoms with Crippen molar-refractivity contribution in [2.45, 2.75) is 42.0 Å². The highest BCUT2D eigenvalue weighted by molar-refractivity contribution is 7.99. The number of benzene rings is 1. The van der Waals surface area contributed by atoms with E-state index < -0.39 is 6.10 Å². The van der Waals surface area contributed by atoms with Gasteiger partial charge in [0.1, 0.15) is 5.82 Å². The lowest BCUT2D eigenvalue weighted by Crippen LogP contribution is -1.99. The lowest BCUT2D eigenvalue weighted by molar-refractivity contribution is 0.198. The van der Waals surface area contributed by atoms with Crippen LogP contribution < -0.4 is 0 Å². The molecule has 0 spiro atoms. The zero-order valence-corrected chi connectivity index (χ0v) is 11.1. The molecule has 7 heteroatoms. The maximum Gasteiger partial charge on any atom is 0.214 e. The van der Waals surface area contributed by atoms with Crippen LogP contribution in [0.3, 0.4) is 0 Å². The highest BCUT2D eigenvalue weighted by Gasteiger charge is 2.28. The molecule has 19 heavy (non-hydrogen) atoms. The van der Waals surface area contributed by atoms with Crippen LogP contribution in [0, 0.1) is 5.82 Å². The van der Waals surface area contributed by atoms with Crippen LogP contribution in [0.4, 0.5) is 4.39 Å². The predicted molar refractivity (Wildman–Crippen MR) is 67.2 cm³/mol. The number of tetrazole rings is 1. The van der Waals surface area contributed by atoms with E-state index in [0.29, 0.717) is 21.7 Å². The minimum atomic E-state index is -0.676. The van der Waals surface area contributed by atoms with Crippen LogP contribution in [0.25, 0.3) is 0 Å². The predicted octanol–water partition coefficient (Wildman–Crippen LogP) is 2.35. The smallest absolute Gasteiger partial charge is 0.214 e. The third kappa shape index (κ3) is 2.62. The number of aliphatic hydroxyl groups excluding tert-OH is 1. The van der Waals surface area contributed by atoms with Gasteiger partial charge in [-0.2, -0.15) is 0 Å². The van der Waals surface area contributed by atoms with Crippen LogP contribution in [0.2, 0.25) is 0 Å². The van der Waals surface area contributed by atoms with Gasteiger partial charge >= 0.3 is 0 Å². The minimum Gasteiger partial charge on any atom is -0.389 e. The molecule has 0 unspecified atom stereocenters. The molecule has 1 aromatic heterocycles. The second-order valence-corrected chi connectivity index (χ2v) is 5.61. The van der Waals surface area contributed by atoms with E-state index in [4.69, 9.17) is 0 Å². The Morgan fingerprint density at radius 3 is 2.89 bits per heavy atom. The second-order valence-electron chi connectivity index (χ2n) is 4.61. The van der Waals surface area contributed by atoms with E-state index in [9.17, 15) is 9.50 Å². The van der Waals surface area contributed by atoms with E-state index in [-0.39, 0.29) is 5.82 Å². The van der Waals surface area contributed by atoms with Gasteiger partial charge in [-0.3, -0.25) is 0 Å². The Balaban J connectivity index is 1.84. The summed E-state index contributed by atoms with van der Waals surface area (Å²) in [5, 5.41) is 21.5. The van der Waals surface area contributed by atoms with Gasteiger partial charge in [-0.1, -0.05) is 6.07 Å². The first kappa shape index (κ1) is 12.6. The molecular formula is C12H13FN4OS. The molecule has 1 fully saturated rings. The summed E-state index contributed by atoms with van der Waals surface area (Å²) in [4.78, 5) is 0.459. The zero-order valence-electron chi connectivity index (χ0n) is 10.3. The molecule has 1 atom stereocenters. The molecule has 1 N–H and O–H groups in total. The third-order valence-corrected chi connectivity index (χ3v) is 4.00. The SMILES string of the molecule is C[C@@H](O)c1ccc(Sc2nnnn2C2CC2)c(F)c1. The van der Waals surface area contributed by atoms with Crippen molar-refractivity contribution in [3.8, 4) is 0 Å². The van der Waals surface area contributed by atoms with Crippen LogP contribution in [0.15, 0.2) is 28.3 Å². The van der Waals surface area contributed by atoms with Crippen LogP contribution in [0.1, 0.15) is 37.5 Å². The minimum absolute atomic E-state index is 0.359. The number of rotatable bonds is 4. The molecule has 2 aromatic rings. The van der Waals surface area contributed by atoms with Crippen molar-refractivity contribution in [1.29, 1.82) is 0 Å². The molecule has 0 saturated heterocycles. The average molecular weight is 280 g/mol. The summed E-state index contributed by atoms with van der Waals surface area (Å²) >= 11 is 1.21. The highest BCUT2D eigenvalue weighted by atomic mass is 32.2. The maximum atomic E-state index is 13.9. The summed E-state index contributed by atoms with van der Waals surface area (Å²) in [6.45, 7) is 1.61. The quantitative estimate of drug-likeness (QED) is 0.931. The van der Waals surface area contributed by atoms with Crippen molar-refractivity contribution in [3.63, 3.8) is 0 Å². The lowest BCUT2D eigenvalue weighted by Gasteiger charge is -2.07. The Labute approximate surface area is 113 Å². The Morgan fingerprint density at radius 1 is 1.47 bits per heavy atom. The molecule has 1 saturated carbocycles. The Hall–Kier alpha value is -1.47. The van der Waals surface area contributed by atoms with E-state index in [1.165, 1.54) is 17.8 Å². The van der Waals surface area contributed by atoms with E-state index in [0.717, 1.165) is 12.8 Å².